The van der Waals surface area contributed by atoms with E-state index in [1.165, 1.54) is 6.07 Å². The maximum Gasteiger partial charge on any atom is 0.416 e. The molecule has 0 heterocycles. The first-order valence-electron chi connectivity index (χ1n) is 4.90. The summed E-state index contributed by atoms with van der Waals surface area (Å²) >= 11 is 0. The van der Waals surface area contributed by atoms with Crippen molar-refractivity contribution in [1.82, 2.24) is 5.32 Å². The number of halogens is 3. The van der Waals surface area contributed by atoms with Gasteiger partial charge in [0, 0.05) is 6.54 Å². The maximum absolute atomic E-state index is 12.4. The van der Waals surface area contributed by atoms with Crippen molar-refractivity contribution in [3.05, 3.63) is 29.3 Å². The highest BCUT2D eigenvalue weighted by atomic mass is 19.4. The first kappa shape index (κ1) is 12.8. The molecule has 0 amide bonds. The van der Waals surface area contributed by atoms with Gasteiger partial charge in [0.15, 0.2) is 0 Å². The van der Waals surface area contributed by atoms with Gasteiger partial charge in [-0.05, 0) is 37.7 Å². The summed E-state index contributed by atoms with van der Waals surface area (Å²) in [5.74, 6) is 0.489. The molecule has 1 N–H and O–H groups in total. The zero-order valence-electron chi connectivity index (χ0n) is 9.19. The van der Waals surface area contributed by atoms with Gasteiger partial charge in [0.25, 0.3) is 0 Å². The lowest BCUT2D eigenvalue weighted by Gasteiger charge is -2.12. The molecular weight excluding hydrogens is 219 g/mol. The molecule has 1 aromatic rings. The van der Waals surface area contributed by atoms with E-state index >= 15 is 0 Å². The summed E-state index contributed by atoms with van der Waals surface area (Å²) in [5.41, 5.74) is -0.156. The molecule has 0 bridgehead atoms. The van der Waals surface area contributed by atoms with Crippen LogP contribution in [0.1, 0.15) is 11.1 Å². The molecule has 0 spiro atoms. The minimum Gasteiger partial charge on any atom is -0.492 e. The zero-order chi connectivity index (χ0) is 12.2. The molecule has 0 aliphatic rings. The summed E-state index contributed by atoms with van der Waals surface area (Å²) < 4.78 is 42.4. The molecule has 0 aliphatic heterocycles. The Labute approximate surface area is 92.4 Å². The van der Waals surface area contributed by atoms with E-state index in [4.69, 9.17) is 4.74 Å². The Hall–Kier alpha value is -1.23. The Bertz CT molecular complexity index is 350. The van der Waals surface area contributed by atoms with Gasteiger partial charge in [0.1, 0.15) is 12.4 Å². The standard InChI is InChI=1S/C11H14F3NO/c1-8-7-9(11(12,13)14)3-4-10(8)16-6-5-15-2/h3-4,7,15H,5-6H2,1-2H3. The lowest BCUT2D eigenvalue weighted by atomic mass is 10.1. The smallest absolute Gasteiger partial charge is 0.416 e. The summed E-state index contributed by atoms with van der Waals surface area (Å²) in [4.78, 5) is 0. The monoisotopic (exact) mass is 233 g/mol. The Kier molecular flexibility index (Phi) is 4.18. The third-order valence-corrected chi connectivity index (χ3v) is 2.11. The fraction of sp³-hybridized carbons (Fsp3) is 0.455. The van der Waals surface area contributed by atoms with Crippen LogP contribution in [-0.2, 0) is 6.18 Å². The quantitative estimate of drug-likeness (QED) is 0.807. The molecule has 0 radical (unpaired) electrons. The molecule has 16 heavy (non-hydrogen) atoms. The molecule has 0 atom stereocenters. The van der Waals surface area contributed by atoms with Gasteiger partial charge in [-0.2, -0.15) is 13.2 Å². The Morgan fingerprint density at radius 2 is 2.00 bits per heavy atom. The van der Waals surface area contributed by atoms with Crippen LogP contribution in [0.5, 0.6) is 5.75 Å². The van der Waals surface area contributed by atoms with E-state index in [1.807, 2.05) is 0 Å². The van der Waals surface area contributed by atoms with Crippen LogP contribution in [0.25, 0.3) is 0 Å². The predicted octanol–water partition coefficient (Wildman–Crippen LogP) is 2.61. The van der Waals surface area contributed by atoms with Crippen molar-refractivity contribution in [2.75, 3.05) is 20.2 Å². The van der Waals surface area contributed by atoms with Crippen LogP contribution in [-0.4, -0.2) is 20.2 Å². The Morgan fingerprint density at radius 3 is 2.50 bits per heavy atom. The number of hydrogen-bond donors (Lipinski definition) is 1. The summed E-state index contributed by atoms with van der Waals surface area (Å²) in [6, 6.07) is 3.48. The van der Waals surface area contributed by atoms with Crippen molar-refractivity contribution in [3.63, 3.8) is 0 Å². The summed E-state index contributed by atoms with van der Waals surface area (Å²) in [6.45, 7) is 2.69. The second-order valence-electron chi connectivity index (χ2n) is 3.43. The van der Waals surface area contributed by atoms with E-state index in [9.17, 15) is 13.2 Å². The van der Waals surface area contributed by atoms with Crippen molar-refractivity contribution in [2.24, 2.45) is 0 Å². The van der Waals surface area contributed by atoms with Gasteiger partial charge in [-0.1, -0.05) is 0 Å². The van der Waals surface area contributed by atoms with Gasteiger partial charge in [0.05, 0.1) is 5.56 Å². The lowest BCUT2D eigenvalue weighted by molar-refractivity contribution is -0.137. The van der Waals surface area contributed by atoms with E-state index in [-0.39, 0.29) is 0 Å². The van der Waals surface area contributed by atoms with Crippen LogP contribution in [0.4, 0.5) is 13.2 Å². The summed E-state index contributed by atoms with van der Waals surface area (Å²) in [7, 11) is 1.78. The van der Waals surface area contributed by atoms with E-state index in [2.05, 4.69) is 5.32 Å². The van der Waals surface area contributed by atoms with Crippen molar-refractivity contribution in [3.8, 4) is 5.75 Å². The van der Waals surface area contributed by atoms with Crippen molar-refractivity contribution < 1.29 is 17.9 Å². The van der Waals surface area contributed by atoms with Gasteiger partial charge in [-0.3, -0.25) is 0 Å². The van der Waals surface area contributed by atoms with E-state index in [1.54, 1.807) is 14.0 Å². The molecule has 0 aliphatic carbocycles. The van der Waals surface area contributed by atoms with Gasteiger partial charge < -0.3 is 10.1 Å². The molecule has 1 aromatic carbocycles. The van der Waals surface area contributed by atoms with Crippen LogP contribution in [0, 0.1) is 6.92 Å². The highest BCUT2D eigenvalue weighted by molar-refractivity contribution is 5.37. The van der Waals surface area contributed by atoms with E-state index < -0.39 is 11.7 Å². The number of likely N-dealkylation sites (N-methyl/N-ethyl adjacent to an activating group) is 1. The minimum absolute atomic E-state index is 0.433. The number of benzene rings is 1. The molecular formula is C11H14F3NO. The highest BCUT2D eigenvalue weighted by Gasteiger charge is 2.30. The average Bonchev–Trinajstić information content (AvgIpc) is 2.19. The first-order chi connectivity index (χ1) is 7.45. The number of aryl methyl sites for hydroxylation is 1. The van der Waals surface area contributed by atoms with Crippen LogP contribution >= 0.6 is 0 Å². The molecule has 5 heteroatoms. The predicted molar refractivity (Wildman–Crippen MR) is 55.6 cm³/mol. The van der Waals surface area contributed by atoms with Gasteiger partial charge in [-0.25, -0.2) is 0 Å². The van der Waals surface area contributed by atoms with E-state index in [0.717, 1.165) is 12.1 Å². The number of ether oxygens (including phenoxy) is 1. The normalized spacial score (nSPS) is 11.6. The fourth-order valence-electron chi connectivity index (χ4n) is 1.25. The van der Waals surface area contributed by atoms with Gasteiger partial charge in [0.2, 0.25) is 0 Å². The molecule has 0 saturated carbocycles. The molecule has 1 rings (SSSR count). The molecule has 90 valence electrons. The topological polar surface area (TPSA) is 21.3 Å². The SMILES string of the molecule is CNCCOc1ccc(C(F)(F)F)cc1C. The average molecular weight is 233 g/mol. The largest absolute Gasteiger partial charge is 0.492 e. The van der Waals surface area contributed by atoms with Crippen molar-refractivity contribution in [2.45, 2.75) is 13.1 Å². The van der Waals surface area contributed by atoms with Gasteiger partial charge >= 0.3 is 6.18 Å². The minimum atomic E-state index is -4.30. The molecule has 0 aromatic heterocycles. The van der Waals surface area contributed by atoms with Crippen molar-refractivity contribution >= 4 is 0 Å². The lowest BCUT2D eigenvalue weighted by Crippen LogP contribution is -2.16. The fourth-order valence-corrected chi connectivity index (χ4v) is 1.25. The Balaban J connectivity index is 2.76. The Morgan fingerprint density at radius 1 is 1.31 bits per heavy atom. The molecule has 0 unspecified atom stereocenters. The zero-order valence-corrected chi connectivity index (χ0v) is 9.19. The summed E-state index contributed by atoms with van der Waals surface area (Å²) in [6.07, 6.45) is -4.30. The summed E-state index contributed by atoms with van der Waals surface area (Å²) in [5, 5.41) is 2.89. The van der Waals surface area contributed by atoms with Crippen LogP contribution < -0.4 is 10.1 Å². The molecule has 0 saturated heterocycles. The number of nitrogens with one attached hydrogen (secondary N) is 1. The third kappa shape index (κ3) is 3.41. The van der Waals surface area contributed by atoms with E-state index in [0.29, 0.717) is 24.5 Å². The third-order valence-electron chi connectivity index (χ3n) is 2.11. The van der Waals surface area contributed by atoms with Crippen LogP contribution in [0.15, 0.2) is 18.2 Å². The van der Waals surface area contributed by atoms with Crippen LogP contribution in [0.3, 0.4) is 0 Å². The number of alkyl halides is 3. The number of hydrogen-bond acceptors (Lipinski definition) is 2. The second-order valence-corrected chi connectivity index (χ2v) is 3.43. The van der Waals surface area contributed by atoms with Crippen LogP contribution in [0.2, 0.25) is 0 Å². The van der Waals surface area contributed by atoms with Crippen molar-refractivity contribution in [1.29, 1.82) is 0 Å². The molecule has 0 fully saturated rings. The molecule has 2 nitrogen and oxygen atoms in total. The number of rotatable bonds is 4. The maximum atomic E-state index is 12.4. The first-order valence-corrected chi connectivity index (χ1v) is 4.90. The van der Waals surface area contributed by atoms with Gasteiger partial charge in [-0.15, -0.1) is 0 Å². The highest BCUT2D eigenvalue weighted by Crippen LogP contribution is 2.32. The second kappa shape index (κ2) is 5.21.